The molecule has 0 saturated heterocycles. The molecule has 0 bridgehead atoms. The first-order valence-electron chi connectivity index (χ1n) is 7.33. The van der Waals surface area contributed by atoms with Crippen molar-refractivity contribution >= 4 is 16.2 Å². The van der Waals surface area contributed by atoms with E-state index in [1.807, 2.05) is 39.0 Å². The zero-order valence-corrected chi connectivity index (χ0v) is 14.1. The Morgan fingerprint density at radius 1 is 1.43 bits per heavy atom. The maximum Gasteiger partial charge on any atom is 0.359 e. The number of ether oxygens (including phenoxy) is 2. The monoisotopic (exact) mass is 343 g/mol. The minimum Gasteiger partial charge on any atom is -0.464 e. The van der Waals surface area contributed by atoms with Crippen LogP contribution in [0, 0.1) is 0 Å². The summed E-state index contributed by atoms with van der Waals surface area (Å²) in [5.41, 5.74) is 1.55. The smallest absolute Gasteiger partial charge is 0.359 e. The van der Waals surface area contributed by atoms with Crippen LogP contribution in [-0.2, 0) is 31.7 Å². The Morgan fingerprint density at radius 2 is 2.13 bits per heavy atom. The normalized spacial score (nSPS) is 19.0. The molecular formula is C15H21NO6S. The first-order chi connectivity index (χ1) is 10.6. The summed E-state index contributed by atoms with van der Waals surface area (Å²) in [6.07, 6.45) is -0.0562. The lowest BCUT2D eigenvalue weighted by Crippen LogP contribution is -2.34. The predicted octanol–water partition coefficient (Wildman–Crippen LogP) is 1.57. The van der Waals surface area contributed by atoms with Crippen molar-refractivity contribution in [1.82, 2.24) is 4.72 Å². The van der Waals surface area contributed by atoms with Crippen LogP contribution in [-0.4, -0.2) is 31.8 Å². The Bertz CT molecular complexity index is 698. The molecule has 0 aliphatic carbocycles. The molecule has 0 radical (unpaired) electrons. The fourth-order valence-electron chi connectivity index (χ4n) is 2.58. The van der Waals surface area contributed by atoms with E-state index in [4.69, 9.17) is 14.0 Å². The second-order valence-electron chi connectivity index (χ2n) is 5.96. The number of fused-ring (bicyclic) bond motifs is 1. The second-order valence-corrected chi connectivity index (χ2v) is 7.11. The van der Waals surface area contributed by atoms with Gasteiger partial charge in [0.1, 0.15) is 5.75 Å². The van der Waals surface area contributed by atoms with Gasteiger partial charge < -0.3 is 9.47 Å². The third-order valence-corrected chi connectivity index (χ3v) is 4.25. The highest BCUT2D eigenvalue weighted by atomic mass is 32.2. The minimum atomic E-state index is -4.51. The van der Waals surface area contributed by atoms with Crippen LogP contribution in [0.3, 0.4) is 0 Å². The number of carbonyl (C=O) groups excluding carboxylic acids is 1. The minimum absolute atomic E-state index is 0.0469. The van der Waals surface area contributed by atoms with Crippen molar-refractivity contribution in [1.29, 1.82) is 0 Å². The molecule has 0 fully saturated rings. The summed E-state index contributed by atoms with van der Waals surface area (Å²) in [6.45, 7) is 6.49. The molecule has 128 valence electrons. The van der Waals surface area contributed by atoms with Crippen molar-refractivity contribution in [2.45, 2.75) is 45.3 Å². The van der Waals surface area contributed by atoms with Gasteiger partial charge in [0, 0.05) is 18.6 Å². The summed E-state index contributed by atoms with van der Waals surface area (Å²) >= 11 is 0. The van der Waals surface area contributed by atoms with Crippen LogP contribution in [0.25, 0.3) is 0 Å². The van der Waals surface area contributed by atoms with Crippen molar-refractivity contribution < 1.29 is 27.2 Å². The van der Waals surface area contributed by atoms with Crippen LogP contribution in [0.4, 0.5) is 0 Å². The molecule has 8 heteroatoms. The third kappa shape index (κ3) is 4.21. The van der Waals surface area contributed by atoms with E-state index in [-0.39, 0.29) is 18.1 Å². The number of amides is 1. The van der Waals surface area contributed by atoms with Crippen LogP contribution < -0.4 is 9.46 Å². The maximum atomic E-state index is 11.4. The number of carbonyl (C=O) groups is 1. The first-order valence-corrected chi connectivity index (χ1v) is 8.77. The van der Waals surface area contributed by atoms with Gasteiger partial charge in [0.2, 0.25) is 12.2 Å². The van der Waals surface area contributed by atoms with Gasteiger partial charge in [-0.05, 0) is 38.8 Å². The molecule has 7 nitrogen and oxygen atoms in total. The summed E-state index contributed by atoms with van der Waals surface area (Å²) in [6, 6.07) is 5.59. The highest BCUT2D eigenvalue weighted by Gasteiger charge is 2.42. The van der Waals surface area contributed by atoms with E-state index in [1.54, 1.807) is 0 Å². The second kappa shape index (κ2) is 6.46. The van der Waals surface area contributed by atoms with Crippen molar-refractivity contribution in [3.05, 3.63) is 29.3 Å². The molecule has 1 aliphatic rings. The molecule has 1 aromatic rings. The highest BCUT2D eigenvalue weighted by Crippen LogP contribution is 2.43. The SMILES string of the molecule is CCOC1Oc2ccc(CCC(=O)NS(=O)(=O)O)cc2C1(C)C. The van der Waals surface area contributed by atoms with Gasteiger partial charge in [-0.3, -0.25) is 9.35 Å². The van der Waals surface area contributed by atoms with E-state index in [0.717, 1.165) is 16.9 Å². The number of hydrogen-bond donors (Lipinski definition) is 2. The van der Waals surface area contributed by atoms with Gasteiger partial charge in [0.15, 0.2) is 0 Å². The zero-order valence-electron chi connectivity index (χ0n) is 13.3. The van der Waals surface area contributed by atoms with Gasteiger partial charge in [-0.25, -0.2) is 4.72 Å². The van der Waals surface area contributed by atoms with Gasteiger partial charge in [0.05, 0.1) is 5.41 Å². The van der Waals surface area contributed by atoms with Gasteiger partial charge in [-0.15, -0.1) is 0 Å². The lowest BCUT2D eigenvalue weighted by Gasteiger charge is -2.25. The standard InChI is InChI=1S/C15H21NO6S/c1-4-21-14-15(2,3)11-9-10(5-7-12(11)22-14)6-8-13(17)16-23(18,19)20/h5,7,9,14H,4,6,8H2,1-3H3,(H,16,17)(H,18,19,20). The quantitative estimate of drug-likeness (QED) is 0.760. The van der Waals surface area contributed by atoms with E-state index < -0.39 is 16.2 Å². The topological polar surface area (TPSA) is 102 Å². The van der Waals surface area contributed by atoms with Crippen LogP contribution in [0.15, 0.2) is 18.2 Å². The maximum absolute atomic E-state index is 11.4. The summed E-state index contributed by atoms with van der Waals surface area (Å²) in [5, 5.41) is 0. The number of rotatable bonds is 6. The molecule has 1 aromatic carbocycles. The van der Waals surface area contributed by atoms with Gasteiger partial charge in [-0.2, -0.15) is 8.42 Å². The highest BCUT2D eigenvalue weighted by molar-refractivity contribution is 7.84. The Balaban J connectivity index is 2.08. The molecule has 2 N–H and O–H groups in total. The fraction of sp³-hybridized carbons (Fsp3) is 0.533. The van der Waals surface area contributed by atoms with E-state index in [2.05, 4.69) is 0 Å². The van der Waals surface area contributed by atoms with Crippen LogP contribution in [0.1, 0.15) is 38.3 Å². The van der Waals surface area contributed by atoms with E-state index in [1.165, 1.54) is 4.72 Å². The predicted molar refractivity (Wildman–Crippen MR) is 83.5 cm³/mol. The number of benzene rings is 1. The lowest BCUT2D eigenvalue weighted by atomic mass is 9.84. The van der Waals surface area contributed by atoms with Crippen molar-refractivity contribution in [3.8, 4) is 5.75 Å². The van der Waals surface area contributed by atoms with Crippen LogP contribution in [0.5, 0.6) is 5.75 Å². The number of hydrogen-bond acceptors (Lipinski definition) is 5. The summed E-state index contributed by atoms with van der Waals surface area (Å²) < 4.78 is 42.7. The molecule has 1 atom stereocenters. The molecule has 0 spiro atoms. The Hall–Kier alpha value is -1.64. The molecule has 23 heavy (non-hydrogen) atoms. The molecule has 0 saturated carbocycles. The summed E-state index contributed by atoms with van der Waals surface area (Å²) in [5.74, 6) is -0.00436. The fourth-order valence-corrected chi connectivity index (χ4v) is 2.96. The molecule has 0 aromatic heterocycles. The average molecular weight is 343 g/mol. The molecule has 1 unspecified atom stereocenters. The molecule has 1 amide bonds. The van der Waals surface area contributed by atoms with E-state index in [9.17, 15) is 13.2 Å². The van der Waals surface area contributed by atoms with Gasteiger partial charge >= 0.3 is 10.3 Å². The van der Waals surface area contributed by atoms with E-state index in [0.29, 0.717) is 13.0 Å². The van der Waals surface area contributed by atoms with Gasteiger partial charge in [0.25, 0.3) is 0 Å². The Kier molecular flexibility index (Phi) is 4.98. The summed E-state index contributed by atoms with van der Waals surface area (Å²) in [4.78, 5) is 11.4. The molecule has 1 heterocycles. The van der Waals surface area contributed by atoms with Crippen LogP contribution in [0.2, 0.25) is 0 Å². The molecule has 1 aliphatic heterocycles. The Morgan fingerprint density at radius 3 is 2.74 bits per heavy atom. The number of aryl methyl sites for hydroxylation is 1. The van der Waals surface area contributed by atoms with E-state index >= 15 is 0 Å². The Labute approximate surface area is 135 Å². The van der Waals surface area contributed by atoms with Crippen molar-refractivity contribution in [2.24, 2.45) is 0 Å². The van der Waals surface area contributed by atoms with Crippen molar-refractivity contribution in [2.75, 3.05) is 6.61 Å². The lowest BCUT2D eigenvalue weighted by molar-refractivity contribution is -0.119. The van der Waals surface area contributed by atoms with Crippen molar-refractivity contribution in [3.63, 3.8) is 0 Å². The van der Waals surface area contributed by atoms with Crippen LogP contribution >= 0.6 is 0 Å². The average Bonchev–Trinajstić information content (AvgIpc) is 2.67. The first kappa shape index (κ1) is 17.7. The number of nitrogens with one attached hydrogen (secondary N) is 1. The molecular weight excluding hydrogens is 322 g/mol. The summed E-state index contributed by atoms with van der Waals surface area (Å²) in [7, 11) is -4.51. The van der Waals surface area contributed by atoms with Gasteiger partial charge in [-0.1, -0.05) is 12.1 Å². The largest absolute Gasteiger partial charge is 0.464 e. The zero-order chi connectivity index (χ0) is 17.3. The molecule has 2 rings (SSSR count). The third-order valence-electron chi connectivity index (χ3n) is 3.76.